The van der Waals surface area contributed by atoms with Crippen molar-refractivity contribution in [2.45, 2.75) is 18.7 Å². The molecule has 2 aliphatic heterocycles. The Morgan fingerprint density at radius 2 is 1.56 bits per heavy atom. The number of benzene rings is 2. The first-order valence-electron chi connectivity index (χ1n) is 10.8. The van der Waals surface area contributed by atoms with E-state index in [1.165, 1.54) is 4.31 Å². The first-order chi connectivity index (χ1) is 15.4. The number of nitrogens with zero attached hydrogens (tertiary/aromatic N) is 2. The van der Waals surface area contributed by atoms with Crippen molar-refractivity contribution in [3.05, 3.63) is 53.1 Å². The summed E-state index contributed by atoms with van der Waals surface area (Å²) in [6, 6.07) is 10.6. The average molecular weight is 460 g/mol. The van der Waals surface area contributed by atoms with Gasteiger partial charge in [-0.25, -0.2) is 8.42 Å². The predicted molar refractivity (Wildman–Crippen MR) is 123 cm³/mol. The lowest BCUT2D eigenvalue weighted by Crippen LogP contribution is -2.40. The lowest BCUT2D eigenvalue weighted by Gasteiger charge is -2.31. The van der Waals surface area contributed by atoms with Gasteiger partial charge in [-0.05, 0) is 43.7 Å². The van der Waals surface area contributed by atoms with Crippen LogP contribution in [-0.2, 0) is 19.5 Å². The maximum Gasteiger partial charge on any atom is 0.255 e. The second kappa shape index (κ2) is 9.58. The van der Waals surface area contributed by atoms with E-state index in [4.69, 9.17) is 9.47 Å². The van der Waals surface area contributed by atoms with Crippen LogP contribution >= 0.6 is 0 Å². The van der Waals surface area contributed by atoms with Crippen molar-refractivity contribution >= 4 is 27.3 Å². The van der Waals surface area contributed by atoms with Crippen molar-refractivity contribution in [2.24, 2.45) is 0 Å². The monoisotopic (exact) mass is 459 g/mol. The number of nitrogens with one attached hydrogen (secondary N) is 1. The Labute approximate surface area is 189 Å². The van der Waals surface area contributed by atoms with Crippen LogP contribution in [0.15, 0.2) is 41.3 Å². The number of aryl methyl sites for hydroxylation is 2. The van der Waals surface area contributed by atoms with E-state index in [2.05, 4.69) is 10.2 Å². The van der Waals surface area contributed by atoms with Gasteiger partial charge >= 0.3 is 0 Å². The highest BCUT2D eigenvalue weighted by Gasteiger charge is 2.28. The van der Waals surface area contributed by atoms with Crippen LogP contribution in [0.4, 0.5) is 11.4 Å². The number of sulfonamides is 1. The molecule has 0 bridgehead atoms. The number of carbonyl (C=O) groups excluding carboxylic acids is 1. The summed E-state index contributed by atoms with van der Waals surface area (Å²) < 4.78 is 38.6. The van der Waals surface area contributed by atoms with Gasteiger partial charge in [0.15, 0.2) is 0 Å². The summed E-state index contributed by atoms with van der Waals surface area (Å²) >= 11 is 0. The fraction of sp³-hybridized carbons (Fsp3) is 0.435. The molecule has 2 saturated heterocycles. The molecule has 2 aromatic carbocycles. The molecule has 2 fully saturated rings. The van der Waals surface area contributed by atoms with Crippen LogP contribution in [0.5, 0.6) is 0 Å². The number of carbonyl (C=O) groups is 1. The summed E-state index contributed by atoms with van der Waals surface area (Å²) in [6.45, 7) is 7.76. The van der Waals surface area contributed by atoms with Gasteiger partial charge in [0.1, 0.15) is 0 Å². The molecule has 32 heavy (non-hydrogen) atoms. The molecule has 0 unspecified atom stereocenters. The van der Waals surface area contributed by atoms with Crippen molar-refractivity contribution in [2.75, 3.05) is 62.8 Å². The topological polar surface area (TPSA) is 88.2 Å². The Morgan fingerprint density at radius 1 is 0.906 bits per heavy atom. The molecule has 2 heterocycles. The Bertz CT molecular complexity index is 1090. The standard InChI is InChI=1S/C23H29N3O5S/c1-17-3-5-20(18(2)15-17)23(27)24-21-16-19(32(28,29)26-9-13-31-14-10-26)4-6-22(21)25-7-11-30-12-8-25/h3-6,15-16H,7-14H2,1-2H3,(H,24,27). The van der Waals surface area contributed by atoms with Gasteiger partial charge in [0, 0.05) is 31.7 Å². The predicted octanol–water partition coefficient (Wildman–Crippen LogP) is 2.41. The average Bonchev–Trinajstić information content (AvgIpc) is 2.80. The lowest BCUT2D eigenvalue weighted by atomic mass is 10.0. The van der Waals surface area contributed by atoms with Crippen LogP contribution in [0.1, 0.15) is 21.5 Å². The molecule has 2 aromatic rings. The quantitative estimate of drug-likeness (QED) is 0.739. The third kappa shape index (κ3) is 4.80. The van der Waals surface area contributed by atoms with E-state index in [0.29, 0.717) is 63.9 Å². The Balaban J connectivity index is 1.69. The summed E-state index contributed by atoms with van der Waals surface area (Å²) in [7, 11) is -3.69. The molecule has 0 aliphatic carbocycles. The van der Waals surface area contributed by atoms with Crippen LogP contribution in [0.2, 0.25) is 0 Å². The van der Waals surface area contributed by atoms with E-state index in [-0.39, 0.29) is 10.8 Å². The van der Waals surface area contributed by atoms with E-state index < -0.39 is 10.0 Å². The summed E-state index contributed by atoms with van der Waals surface area (Å²) in [4.78, 5) is 15.4. The second-order valence-corrected chi connectivity index (χ2v) is 10.0. The maximum atomic E-state index is 13.2. The van der Waals surface area contributed by atoms with Gasteiger partial charge < -0.3 is 19.7 Å². The van der Waals surface area contributed by atoms with Gasteiger partial charge in [-0.1, -0.05) is 17.7 Å². The summed E-state index contributed by atoms with van der Waals surface area (Å²) in [5, 5.41) is 2.97. The van der Waals surface area contributed by atoms with Crippen molar-refractivity contribution in [1.29, 1.82) is 0 Å². The molecule has 2 aliphatic rings. The van der Waals surface area contributed by atoms with Crippen LogP contribution in [-0.4, -0.2) is 71.2 Å². The molecule has 8 nitrogen and oxygen atoms in total. The number of morpholine rings is 2. The van der Waals surface area contributed by atoms with Gasteiger partial charge in [0.2, 0.25) is 10.0 Å². The summed E-state index contributed by atoms with van der Waals surface area (Å²) in [5.41, 5.74) is 3.77. The van der Waals surface area contributed by atoms with E-state index in [1.807, 2.05) is 26.0 Å². The molecule has 0 radical (unpaired) electrons. The molecule has 0 aromatic heterocycles. The number of hydrogen-bond donors (Lipinski definition) is 1. The van der Waals surface area contributed by atoms with Gasteiger partial charge in [-0.15, -0.1) is 0 Å². The van der Waals surface area contributed by atoms with Gasteiger partial charge in [0.25, 0.3) is 5.91 Å². The van der Waals surface area contributed by atoms with Gasteiger partial charge in [-0.2, -0.15) is 4.31 Å². The minimum absolute atomic E-state index is 0.160. The van der Waals surface area contributed by atoms with E-state index in [1.54, 1.807) is 24.3 Å². The number of hydrogen-bond acceptors (Lipinski definition) is 6. The van der Waals surface area contributed by atoms with Gasteiger partial charge in [0.05, 0.1) is 42.7 Å². The third-order valence-corrected chi connectivity index (χ3v) is 7.70. The van der Waals surface area contributed by atoms with Crippen LogP contribution in [0.25, 0.3) is 0 Å². The Hall–Kier alpha value is -2.46. The zero-order valence-electron chi connectivity index (χ0n) is 18.5. The van der Waals surface area contributed by atoms with Crippen LogP contribution in [0, 0.1) is 13.8 Å². The van der Waals surface area contributed by atoms with Crippen molar-refractivity contribution in [3.8, 4) is 0 Å². The van der Waals surface area contributed by atoms with Gasteiger partial charge in [-0.3, -0.25) is 4.79 Å². The molecular weight excluding hydrogens is 430 g/mol. The normalized spacial score (nSPS) is 17.9. The number of anilines is 2. The maximum absolute atomic E-state index is 13.2. The molecule has 0 atom stereocenters. The first-order valence-corrected chi connectivity index (χ1v) is 12.2. The van der Waals surface area contributed by atoms with Crippen LogP contribution < -0.4 is 10.2 Å². The zero-order chi connectivity index (χ0) is 22.7. The van der Waals surface area contributed by atoms with E-state index >= 15 is 0 Å². The third-order valence-electron chi connectivity index (χ3n) is 5.80. The number of ether oxygens (including phenoxy) is 2. The summed E-state index contributed by atoms with van der Waals surface area (Å²) in [6.07, 6.45) is 0. The molecule has 4 rings (SSSR count). The minimum atomic E-state index is -3.69. The highest BCUT2D eigenvalue weighted by atomic mass is 32.2. The largest absolute Gasteiger partial charge is 0.379 e. The van der Waals surface area contributed by atoms with Crippen molar-refractivity contribution < 1.29 is 22.7 Å². The highest BCUT2D eigenvalue weighted by molar-refractivity contribution is 7.89. The molecule has 1 N–H and O–H groups in total. The first kappa shape index (κ1) is 22.7. The zero-order valence-corrected chi connectivity index (χ0v) is 19.3. The minimum Gasteiger partial charge on any atom is -0.379 e. The molecule has 172 valence electrons. The fourth-order valence-electron chi connectivity index (χ4n) is 4.05. The molecule has 0 saturated carbocycles. The lowest BCUT2D eigenvalue weighted by molar-refractivity contribution is 0.0730. The fourth-order valence-corrected chi connectivity index (χ4v) is 5.48. The van der Waals surface area contributed by atoms with Crippen molar-refractivity contribution in [3.63, 3.8) is 0 Å². The molecule has 1 amide bonds. The Kier molecular flexibility index (Phi) is 6.80. The Morgan fingerprint density at radius 3 is 2.22 bits per heavy atom. The van der Waals surface area contributed by atoms with E-state index in [0.717, 1.165) is 16.8 Å². The molecule has 9 heteroatoms. The number of rotatable bonds is 5. The SMILES string of the molecule is Cc1ccc(C(=O)Nc2cc(S(=O)(=O)N3CCOCC3)ccc2N2CCOCC2)c(C)c1. The van der Waals surface area contributed by atoms with E-state index in [9.17, 15) is 13.2 Å². The summed E-state index contributed by atoms with van der Waals surface area (Å²) in [5.74, 6) is -0.266. The highest BCUT2D eigenvalue weighted by Crippen LogP contribution is 2.31. The molecular formula is C23H29N3O5S. The van der Waals surface area contributed by atoms with Crippen molar-refractivity contribution in [1.82, 2.24) is 4.31 Å². The second-order valence-electron chi connectivity index (χ2n) is 8.07. The number of amides is 1. The molecule has 0 spiro atoms. The van der Waals surface area contributed by atoms with Crippen LogP contribution in [0.3, 0.4) is 0 Å². The smallest absolute Gasteiger partial charge is 0.255 e.